The third-order valence-corrected chi connectivity index (χ3v) is 7.33. The number of nitrogens with zero attached hydrogens (tertiary/aromatic N) is 6. The van der Waals surface area contributed by atoms with Crippen LogP contribution in [0.15, 0.2) is 22.7 Å². The van der Waals surface area contributed by atoms with Crippen molar-refractivity contribution in [1.82, 2.24) is 29.7 Å². The number of rotatable bonds is 6. The van der Waals surface area contributed by atoms with Crippen LogP contribution in [-0.2, 0) is 9.53 Å². The minimum atomic E-state index is -0.350. The van der Waals surface area contributed by atoms with Gasteiger partial charge in [0.1, 0.15) is 17.9 Å². The Morgan fingerprint density at radius 3 is 2.56 bits per heavy atom. The highest BCUT2D eigenvalue weighted by Crippen LogP contribution is 2.32. The number of aromatic nitrogens is 4. The Balaban J connectivity index is 0.00000304. The zero-order valence-corrected chi connectivity index (χ0v) is 21.8. The van der Waals surface area contributed by atoms with Crippen LogP contribution in [0, 0.1) is 5.82 Å². The first-order valence-electron chi connectivity index (χ1n) is 12.5. The molecule has 1 aromatic carbocycles. The van der Waals surface area contributed by atoms with Crippen molar-refractivity contribution in [3.8, 4) is 5.95 Å². The number of methoxy groups -OCH3 is 1. The Morgan fingerprint density at radius 1 is 1.17 bits per heavy atom. The minimum absolute atomic E-state index is 0. The topological polar surface area (TPSA) is 89.5 Å². The predicted molar refractivity (Wildman–Crippen MR) is 135 cm³/mol. The molecule has 36 heavy (non-hydrogen) atoms. The molecule has 0 bridgehead atoms. The highest BCUT2D eigenvalue weighted by atomic mass is 35.5. The molecule has 2 aliphatic rings. The quantitative estimate of drug-likeness (QED) is 0.486. The minimum Gasteiger partial charge on any atom is -0.375 e. The summed E-state index contributed by atoms with van der Waals surface area (Å²) >= 11 is 0. The maximum Gasteiger partial charge on any atom is 0.291 e. The molecule has 4 heterocycles. The molecular formula is C25H34ClFN6O3. The van der Waals surface area contributed by atoms with Gasteiger partial charge in [0.25, 0.3) is 5.95 Å². The summed E-state index contributed by atoms with van der Waals surface area (Å²) < 4.78 is 26.8. The molecule has 2 aliphatic heterocycles. The van der Waals surface area contributed by atoms with Crippen LogP contribution in [0.4, 0.5) is 4.39 Å². The largest absolute Gasteiger partial charge is 0.375 e. The average molecular weight is 521 g/mol. The third-order valence-electron chi connectivity index (χ3n) is 7.33. The van der Waals surface area contributed by atoms with Gasteiger partial charge in [-0.15, -0.1) is 12.4 Å². The van der Waals surface area contributed by atoms with E-state index in [0.717, 1.165) is 62.9 Å². The number of fused-ring (bicyclic) bond motifs is 1. The standard InChI is InChI=1S/C25H33FN6O3.ClH/c1-16(2)22-19-5-4-6-20(26)23(19)32(28-22)25-27-24(35-29-25)17-7-11-30(12-8-17)18-9-13-31(14-10-18)21(33)15-34-3;/h4-6,16-18H,7-15H2,1-3H3;1H. The van der Waals surface area contributed by atoms with Crippen LogP contribution in [-0.4, -0.2) is 81.6 Å². The Bertz CT molecular complexity index is 1180. The van der Waals surface area contributed by atoms with Gasteiger partial charge in [-0.05, 0) is 55.9 Å². The fourth-order valence-corrected chi connectivity index (χ4v) is 5.41. The van der Waals surface area contributed by atoms with Crippen LogP contribution in [0.25, 0.3) is 16.9 Å². The number of benzene rings is 1. The lowest BCUT2D eigenvalue weighted by Gasteiger charge is -2.41. The Kier molecular flexibility index (Phi) is 8.27. The van der Waals surface area contributed by atoms with E-state index in [1.807, 2.05) is 24.8 Å². The lowest BCUT2D eigenvalue weighted by Crippen LogP contribution is -2.49. The van der Waals surface area contributed by atoms with Crippen molar-refractivity contribution in [3.05, 3.63) is 35.6 Å². The van der Waals surface area contributed by atoms with Crippen LogP contribution in [0.5, 0.6) is 0 Å². The molecule has 0 atom stereocenters. The molecule has 0 saturated carbocycles. The van der Waals surface area contributed by atoms with E-state index in [1.165, 1.54) is 10.7 Å². The van der Waals surface area contributed by atoms with Crippen molar-refractivity contribution >= 4 is 29.2 Å². The maximum absolute atomic E-state index is 14.7. The first kappa shape index (κ1) is 26.5. The molecule has 2 aromatic heterocycles. The van der Waals surface area contributed by atoms with Gasteiger partial charge in [0.15, 0.2) is 0 Å². The summed E-state index contributed by atoms with van der Waals surface area (Å²) in [7, 11) is 1.56. The molecule has 0 aliphatic carbocycles. The van der Waals surface area contributed by atoms with Crippen LogP contribution in [0.1, 0.15) is 63.0 Å². The van der Waals surface area contributed by atoms with Crippen molar-refractivity contribution in [2.45, 2.75) is 57.4 Å². The highest BCUT2D eigenvalue weighted by molar-refractivity contribution is 5.85. The second-order valence-corrected chi connectivity index (χ2v) is 9.88. The number of piperidine rings is 2. The molecule has 2 fully saturated rings. The van der Waals surface area contributed by atoms with Crippen LogP contribution in [0.3, 0.4) is 0 Å². The summed E-state index contributed by atoms with van der Waals surface area (Å²) in [6.07, 6.45) is 3.83. The van der Waals surface area contributed by atoms with Gasteiger partial charge < -0.3 is 19.1 Å². The first-order chi connectivity index (χ1) is 17.0. The third kappa shape index (κ3) is 5.12. The van der Waals surface area contributed by atoms with Crippen molar-refractivity contribution < 1.29 is 18.4 Å². The number of hydrogen-bond donors (Lipinski definition) is 0. The van der Waals surface area contributed by atoms with Crippen molar-refractivity contribution in [3.63, 3.8) is 0 Å². The van der Waals surface area contributed by atoms with E-state index in [2.05, 4.69) is 20.1 Å². The number of hydrogen-bond acceptors (Lipinski definition) is 7. The zero-order valence-electron chi connectivity index (χ0n) is 21.0. The average Bonchev–Trinajstić information content (AvgIpc) is 3.50. The van der Waals surface area contributed by atoms with E-state index in [-0.39, 0.29) is 48.5 Å². The molecule has 3 aromatic rings. The summed E-state index contributed by atoms with van der Waals surface area (Å²) in [5.74, 6) is 0.898. The van der Waals surface area contributed by atoms with Gasteiger partial charge in [0.05, 0.1) is 5.69 Å². The number of amides is 1. The van der Waals surface area contributed by atoms with E-state index >= 15 is 0 Å². The van der Waals surface area contributed by atoms with E-state index in [9.17, 15) is 9.18 Å². The first-order valence-corrected chi connectivity index (χ1v) is 12.5. The molecule has 0 unspecified atom stereocenters. The predicted octanol–water partition coefficient (Wildman–Crippen LogP) is 3.91. The Morgan fingerprint density at radius 2 is 1.89 bits per heavy atom. The van der Waals surface area contributed by atoms with E-state index in [1.54, 1.807) is 13.2 Å². The van der Waals surface area contributed by atoms with Gasteiger partial charge in [-0.1, -0.05) is 26.0 Å². The van der Waals surface area contributed by atoms with E-state index < -0.39 is 0 Å². The molecule has 1 amide bonds. The maximum atomic E-state index is 14.7. The SMILES string of the molecule is COCC(=O)N1CCC(N2CCC(c3nc(-n4nc(C(C)C)c5cccc(F)c54)no3)CC2)CC1.Cl. The zero-order chi connectivity index (χ0) is 24.5. The second kappa shape index (κ2) is 11.2. The molecule has 2 saturated heterocycles. The van der Waals surface area contributed by atoms with E-state index in [4.69, 9.17) is 9.26 Å². The summed E-state index contributed by atoms with van der Waals surface area (Å²) in [6.45, 7) is 7.70. The Hall–Kier alpha value is -2.56. The number of likely N-dealkylation sites (tertiary alicyclic amines) is 2. The number of halogens is 2. The van der Waals surface area contributed by atoms with Crippen molar-refractivity contribution in [2.75, 3.05) is 39.9 Å². The fourth-order valence-electron chi connectivity index (χ4n) is 5.41. The number of carbonyl (C=O) groups excluding carboxylic acids is 1. The van der Waals surface area contributed by atoms with Crippen molar-refractivity contribution in [2.24, 2.45) is 0 Å². The van der Waals surface area contributed by atoms with Crippen molar-refractivity contribution in [1.29, 1.82) is 0 Å². The molecule has 0 spiro atoms. The molecule has 5 rings (SSSR count). The second-order valence-electron chi connectivity index (χ2n) is 9.88. The number of ether oxygens (including phenoxy) is 1. The fraction of sp³-hybridized carbons (Fsp3) is 0.600. The monoisotopic (exact) mass is 520 g/mol. The summed E-state index contributed by atoms with van der Waals surface area (Å²) in [5, 5.41) is 9.56. The van der Waals surface area contributed by atoms with Gasteiger partial charge in [-0.3, -0.25) is 4.79 Å². The molecule has 11 heteroatoms. The van der Waals surface area contributed by atoms with Gasteiger partial charge in [-0.2, -0.15) is 14.8 Å². The normalized spacial score (nSPS) is 18.2. The summed E-state index contributed by atoms with van der Waals surface area (Å²) in [5.41, 5.74) is 1.20. The van der Waals surface area contributed by atoms with Gasteiger partial charge in [0.2, 0.25) is 11.8 Å². The van der Waals surface area contributed by atoms with Crippen LogP contribution >= 0.6 is 12.4 Å². The smallest absolute Gasteiger partial charge is 0.291 e. The lowest BCUT2D eigenvalue weighted by molar-refractivity contribution is -0.136. The number of para-hydroxylation sites is 1. The molecule has 0 radical (unpaired) electrons. The van der Waals surface area contributed by atoms with Crippen LogP contribution < -0.4 is 0 Å². The van der Waals surface area contributed by atoms with Crippen LogP contribution in [0.2, 0.25) is 0 Å². The molecular weight excluding hydrogens is 487 g/mol. The summed E-state index contributed by atoms with van der Waals surface area (Å²) in [6, 6.07) is 5.51. The lowest BCUT2D eigenvalue weighted by atomic mass is 9.93. The molecule has 9 nitrogen and oxygen atoms in total. The summed E-state index contributed by atoms with van der Waals surface area (Å²) in [4.78, 5) is 21.1. The molecule has 0 N–H and O–H groups in total. The molecule has 196 valence electrons. The van der Waals surface area contributed by atoms with Gasteiger partial charge in [0, 0.05) is 37.5 Å². The van der Waals surface area contributed by atoms with E-state index in [0.29, 0.717) is 17.4 Å². The van der Waals surface area contributed by atoms with Gasteiger partial charge in [-0.25, -0.2) is 4.39 Å². The number of carbonyl (C=O) groups is 1. The highest BCUT2D eigenvalue weighted by Gasteiger charge is 2.32. The van der Waals surface area contributed by atoms with Gasteiger partial charge >= 0.3 is 0 Å². The Labute approximate surface area is 216 Å².